The van der Waals surface area contributed by atoms with Crippen LogP contribution in [0.25, 0.3) is 11.0 Å². The van der Waals surface area contributed by atoms with Gasteiger partial charge in [-0.1, -0.05) is 25.5 Å². The lowest BCUT2D eigenvalue weighted by atomic mass is 10.0. The monoisotopic (exact) mass is 259 g/mol. The van der Waals surface area contributed by atoms with E-state index >= 15 is 0 Å². The summed E-state index contributed by atoms with van der Waals surface area (Å²) in [4.78, 5) is 15.3. The number of benzene rings is 1. The highest BCUT2D eigenvalue weighted by Gasteiger charge is 2.20. The first-order valence-electron chi connectivity index (χ1n) is 7.24. The minimum absolute atomic E-state index is 0.0467. The summed E-state index contributed by atoms with van der Waals surface area (Å²) in [6, 6.07) is 6.53. The summed E-state index contributed by atoms with van der Waals surface area (Å²) in [6.45, 7) is 4.18. The minimum Gasteiger partial charge on any atom is -0.317 e. The molecule has 4 nitrogen and oxygen atoms in total. The molecule has 2 heterocycles. The fourth-order valence-corrected chi connectivity index (χ4v) is 3.14. The number of hydrogen-bond acceptors (Lipinski definition) is 2. The third kappa shape index (κ3) is 2.21. The summed E-state index contributed by atoms with van der Waals surface area (Å²) in [5.41, 5.74) is 3.44. The van der Waals surface area contributed by atoms with Crippen LogP contribution < -0.4 is 11.0 Å². The van der Waals surface area contributed by atoms with Gasteiger partial charge in [0.2, 0.25) is 0 Å². The van der Waals surface area contributed by atoms with Crippen molar-refractivity contribution in [2.24, 2.45) is 0 Å². The second-order valence-electron chi connectivity index (χ2n) is 5.34. The van der Waals surface area contributed by atoms with Crippen LogP contribution in [0.3, 0.4) is 0 Å². The number of aromatic amines is 1. The number of nitrogens with zero attached hydrogens (tertiary/aromatic N) is 1. The highest BCUT2D eigenvalue weighted by atomic mass is 16.1. The number of nitrogens with one attached hydrogen (secondary N) is 2. The number of aryl methyl sites for hydroxylation is 1. The Balaban J connectivity index is 2.16. The normalized spacial score (nSPS) is 17.1. The molecular weight excluding hydrogens is 238 g/mol. The van der Waals surface area contributed by atoms with Crippen molar-refractivity contribution in [1.29, 1.82) is 0 Å². The predicted octanol–water partition coefficient (Wildman–Crippen LogP) is 2.21. The van der Waals surface area contributed by atoms with Crippen LogP contribution >= 0.6 is 0 Å². The van der Waals surface area contributed by atoms with Gasteiger partial charge >= 0.3 is 5.69 Å². The summed E-state index contributed by atoms with van der Waals surface area (Å²) in [6.07, 6.45) is 4.20. The van der Waals surface area contributed by atoms with Crippen molar-refractivity contribution in [3.8, 4) is 0 Å². The molecule has 2 N–H and O–H groups in total. The molecule has 4 heteroatoms. The Bertz CT molecular complexity index is 620. The Kier molecular flexibility index (Phi) is 3.42. The van der Waals surface area contributed by atoms with E-state index < -0.39 is 0 Å². The first kappa shape index (κ1) is 12.5. The molecule has 1 saturated heterocycles. The first-order valence-corrected chi connectivity index (χ1v) is 7.24. The predicted molar refractivity (Wildman–Crippen MR) is 77.7 cm³/mol. The van der Waals surface area contributed by atoms with Gasteiger partial charge in [-0.3, -0.25) is 4.57 Å². The number of aromatic nitrogens is 2. The molecule has 0 atom stereocenters. The molecule has 102 valence electrons. The summed E-state index contributed by atoms with van der Waals surface area (Å²) in [5.74, 6) is 0. The molecular formula is C15H21N3O. The van der Waals surface area contributed by atoms with E-state index in [9.17, 15) is 4.79 Å². The Morgan fingerprint density at radius 2 is 2.11 bits per heavy atom. The van der Waals surface area contributed by atoms with E-state index in [4.69, 9.17) is 0 Å². The first-order chi connectivity index (χ1) is 9.31. The van der Waals surface area contributed by atoms with Crippen LogP contribution in [0.2, 0.25) is 0 Å². The van der Waals surface area contributed by atoms with Gasteiger partial charge in [-0.05, 0) is 44.0 Å². The molecule has 19 heavy (non-hydrogen) atoms. The van der Waals surface area contributed by atoms with Gasteiger partial charge in [0.05, 0.1) is 11.0 Å². The molecule has 1 aromatic carbocycles. The zero-order chi connectivity index (χ0) is 13.2. The van der Waals surface area contributed by atoms with E-state index in [1.165, 1.54) is 5.56 Å². The molecule has 3 rings (SSSR count). The lowest BCUT2D eigenvalue weighted by molar-refractivity contribution is 0.368. The largest absolute Gasteiger partial charge is 0.326 e. The SMILES string of the molecule is CCCc1cccc2[nH]c(=O)n(C3CCNCC3)c12. The fourth-order valence-electron chi connectivity index (χ4n) is 3.14. The Labute approximate surface area is 112 Å². The molecule has 1 aromatic heterocycles. The maximum Gasteiger partial charge on any atom is 0.326 e. The minimum atomic E-state index is 0.0467. The van der Waals surface area contributed by atoms with Gasteiger partial charge in [-0.15, -0.1) is 0 Å². The molecule has 1 aliphatic rings. The maximum atomic E-state index is 12.3. The number of H-pyrrole nitrogens is 1. The van der Waals surface area contributed by atoms with Crippen molar-refractivity contribution >= 4 is 11.0 Å². The quantitative estimate of drug-likeness (QED) is 0.888. The Morgan fingerprint density at radius 1 is 1.32 bits per heavy atom. The van der Waals surface area contributed by atoms with E-state index in [1.54, 1.807) is 0 Å². The molecule has 2 aromatic rings. The van der Waals surface area contributed by atoms with Gasteiger partial charge in [0.15, 0.2) is 0 Å². The van der Waals surface area contributed by atoms with Gasteiger partial charge in [-0.25, -0.2) is 4.79 Å². The van der Waals surface area contributed by atoms with Gasteiger partial charge in [0, 0.05) is 6.04 Å². The molecule has 0 bridgehead atoms. The average molecular weight is 259 g/mol. The smallest absolute Gasteiger partial charge is 0.317 e. The number of para-hydroxylation sites is 1. The van der Waals surface area contributed by atoms with Crippen LogP contribution in [0.4, 0.5) is 0 Å². The topological polar surface area (TPSA) is 49.8 Å². The summed E-state index contributed by atoms with van der Waals surface area (Å²) in [5, 5.41) is 3.36. The van der Waals surface area contributed by atoms with Crippen LogP contribution in [0.1, 0.15) is 37.8 Å². The third-order valence-electron chi connectivity index (χ3n) is 4.01. The second-order valence-corrected chi connectivity index (χ2v) is 5.34. The Hall–Kier alpha value is -1.55. The molecule has 0 saturated carbocycles. The van der Waals surface area contributed by atoms with Crippen molar-refractivity contribution < 1.29 is 0 Å². The van der Waals surface area contributed by atoms with Crippen molar-refractivity contribution in [3.63, 3.8) is 0 Å². The highest BCUT2D eigenvalue weighted by Crippen LogP contribution is 2.25. The number of rotatable bonds is 3. The van der Waals surface area contributed by atoms with Crippen LogP contribution in [0.15, 0.2) is 23.0 Å². The molecule has 0 aliphatic carbocycles. The van der Waals surface area contributed by atoms with Gasteiger partial charge < -0.3 is 10.3 Å². The lowest BCUT2D eigenvalue weighted by Gasteiger charge is -2.24. The van der Waals surface area contributed by atoms with Gasteiger partial charge in [0.1, 0.15) is 0 Å². The maximum absolute atomic E-state index is 12.3. The van der Waals surface area contributed by atoms with Gasteiger partial charge in [-0.2, -0.15) is 0 Å². The summed E-state index contributed by atoms with van der Waals surface area (Å²) < 4.78 is 2.00. The van der Waals surface area contributed by atoms with E-state index in [0.717, 1.165) is 49.8 Å². The molecule has 0 radical (unpaired) electrons. The zero-order valence-electron chi connectivity index (χ0n) is 11.4. The van der Waals surface area contributed by atoms with E-state index in [-0.39, 0.29) is 5.69 Å². The van der Waals surface area contributed by atoms with Crippen LogP contribution in [0, 0.1) is 0 Å². The lowest BCUT2D eigenvalue weighted by Crippen LogP contribution is -2.33. The van der Waals surface area contributed by atoms with Crippen molar-refractivity contribution in [3.05, 3.63) is 34.2 Å². The number of fused-ring (bicyclic) bond motifs is 1. The zero-order valence-corrected chi connectivity index (χ0v) is 11.4. The van der Waals surface area contributed by atoms with Crippen LogP contribution in [-0.4, -0.2) is 22.6 Å². The standard InChI is InChI=1S/C15H21N3O/c1-2-4-11-5-3-6-13-14(11)18(15(19)17-13)12-7-9-16-10-8-12/h3,5-6,12,16H,2,4,7-10H2,1H3,(H,17,19). The van der Waals surface area contributed by atoms with E-state index in [1.807, 2.05) is 16.7 Å². The molecule has 0 spiro atoms. The number of imidazole rings is 1. The van der Waals surface area contributed by atoms with Crippen LogP contribution in [0.5, 0.6) is 0 Å². The molecule has 1 aliphatic heterocycles. The molecule has 0 amide bonds. The Morgan fingerprint density at radius 3 is 2.84 bits per heavy atom. The van der Waals surface area contributed by atoms with Crippen molar-refractivity contribution in [1.82, 2.24) is 14.9 Å². The van der Waals surface area contributed by atoms with Crippen molar-refractivity contribution in [2.45, 2.75) is 38.6 Å². The fraction of sp³-hybridized carbons (Fsp3) is 0.533. The van der Waals surface area contributed by atoms with E-state index in [2.05, 4.69) is 23.3 Å². The highest BCUT2D eigenvalue weighted by molar-refractivity contribution is 5.79. The summed E-state index contributed by atoms with van der Waals surface area (Å²) in [7, 11) is 0. The van der Waals surface area contributed by atoms with E-state index in [0.29, 0.717) is 6.04 Å². The van der Waals surface area contributed by atoms with Crippen LogP contribution in [-0.2, 0) is 6.42 Å². The third-order valence-corrected chi connectivity index (χ3v) is 4.01. The number of hydrogen-bond donors (Lipinski definition) is 2. The van der Waals surface area contributed by atoms with Gasteiger partial charge in [0.25, 0.3) is 0 Å². The molecule has 0 unspecified atom stereocenters. The summed E-state index contributed by atoms with van der Waals surface area (Å²) >= 11 is 0. The average Bonchev–Trinajstić information content (AvgIpc) is 2.77. The molecule has 1 fully saturated rings. The number of piperidine rings is 1. The second kappa shape index (κ2) is 5.21. The van der Waals surface area contributed by atoms with Crippen molar-refractivity contribution in [2.75, 3.05) is 13.1 Å².